The van der Waals surface area contributed by atoms with Crippen molar-refractivity contribution in [2.45, 2.75) is 49.4 Å². The monoisotopic (exact) mass is 362 g/mol. The van der Waals surface area contributed by atoms with Gasteiger partial charge >= 0.3 is 6.18 Å². The van der Waals surface area contributed by atoms with Gasteiger partial charge in [-0.1, -0.05) is 24.1 Å². The summed E-state index contributed by atoms with van der Waals surface area (Å²) in [6.07, 6.45) is -3.74. The van der Waals surface area contributed by atoms with Crippen LogP contribution in [0, 0.1) is 12.8 Å². The average Bonchev–Trinajstić information content (AvgIpc) is 2.83. The van der Waals surface area contributed by atoms with E-state index in [-0.39, 0.29) is 27.9 Å². The van der Waals surface area contributed by atoms with Crippen molar-refractivity contribution in [2.75, 3.05) is 0 Å². The lowest BCUT2D eigenvalue weighted by molar-refractivity contribution is -0.306. The Morgan fingerprint density at radius 2 is 1.88 bits per heavy atom. The van der Waals surface area contributed by atoms with E-state index in [1.54, 1.807) is 6.92 Å². The van der Waals surface area contributed by atoms with Gasteiger partial charge < -0.3 is 5.11 Å². The van der Waals surface area contributed by atoms with Crippen LogP contribution in [-0.4, -0.2) is 35.6 Å². The van der Waals surface area contributed by atoms with E-state index in [0.29, 0.717) is 12.8 Å². The molecule has 0 saturated heterocycles. The number of nitrogens with zero attached hydrogens (tertiary/aromatic N) is 2. The third-order valence-electron chi connectivity index (χ3n) is 4.54. The highest BCUT2D eigenvalue weighted by Gasteiger charge is 2.69. The van der Waals surface area contributed by atoms with Crippen molar-refractivity contribution in [3.63, 3.8) is 0 Å². The van der Waals surface area contributed by atoms with Gasteiger partial charge in [0, 0.05) is 5.71 Å². The molecule has 0 aromatic heterocycles. The first-order valence-electron chi connectivity index (χ1n) is 7.57. The molecule has 9 heteroatoms. The number of aliphatic hydroxyl groups is 1. The SMILES string of the molecule is Cc1ccc(S(=O)(=O)N2N=C3CCCC[C@H]3[C@@]2(O)C(F)(F)F)cc1. The first kappa shape index (κ1) is 17.2. The number of fused-ring (bicyclic) bond motifs is 1. The number of halogens is 3. The van der Waals surface area contributed by atoms with Gasteiger partial charge in [0.2, 0.25) is 0 Å². The maximum absolute atomic E-state index is 13.6. The Kier molecular flexibility index (Phi) is 3.91. The smallest absolute Gasteiger partial charge is 0.361 e. The topological polar surface area (TPSA) is 70.0 Å². The van der Waals surface area contributed by atoms with Gasteiger partial charge in [-0.05, 0) is 38.3 Å². The molecule has 1 N–H and O–H groups in total. The fourth-order valence-corrected chi connectivity index (χ4v) is 4.72. The van der Waals surface area contributed by atoms with Crippen molar-refractivity contribution in [1.82, 2.24) is 4.41 Å². The molecule has 1 heterocycles. The molecule has 1 aromatic rings. The summed E-state index contributed by atoms with van der Waals surface area (Å²) in [5.41, 5.74) is -2.68. The fraction of sp³-hybridized carbons (Fsp3) is 0.533. The molecule has 2 aliphatic rings. The number of sulfonamides is 1. The number of hydrogen-bond donors (Lipinski definition) is 1. The quantitative estimate of drug-likeness (QED) is 0.880. The highest BCUT2D eigenvalue weighted by Crippen LogP contribution is 2.49. The Bertz CT molecular complexity index is 774. The molecule has 1 aliphatic carbocycles. The van der Waals surface area contributed by atoms with Crippen LogP contribution in [0.4, 0.5) is 13.2 Å². The molecule has 24 heavy (non-hydrogen) atoms. The van der Waals surface area contributed by atoms with Crippen LogP contribution in [0.3, 0.4) is 0 Å². The number of benzene rings is 1. The minimum absolute atomic E-state index is 0.0504. The van der Waals surface area contributed by atoms with E-state index < -0.39 is 27.8 Å². The molecular weight excluding hydrogens is 345 g/mol. The Morgan fingerprint density at radius 3 is 2.46 bits per heavy atom. The number of hydrazone groups is 1. The molecule has 0 bridgehead atoms. The van der Waals surface area contributed by atoms with E-state index in [1.807, 2.05) is 0 Å². The molecule has 1 fully saturated rings. The molecular formula is C15H17F3N2O3S. The zero-order chi connectivity index (χ0) is 17.8. The summed E-state index contributed by atoms with van der Waals surface area (Å²) < 4.78 is 66.2. The van der Waals surface area contributed by atoms with Gasteiger partial charge in [-0.25, -0.2) is 0 Å². The summed E-state index contributed by atoms with van der Waals surface area (Å²) in [7, 11) is -4.63. The number of aryl methyl sites for hydroxylation is 1. The van der Waals surface area contributed by atoms with Crippen molar-refractivity contribution < 1.29 is 26.7 Å². The van der Waals surface area contributed by atoms with Crippen LogP contribution in [-0.2, 0) is 10.0 Å². The largest absolute Gasteiger partial charge is 0.439 e. The number of hydrogen-bond acceptors (Lipinski definition) is 4. The van der Waals surface area contributed by atoms with Crippen LogP contribution in [0.25, 0.3) is 0 Å². The van der Waals surface area contributed by atoms with Crippen molar-refractivity contribution in [1.29, 1.82) is 0 Å². The van der Waals surface area contributed by atoms with Gasteiger partial charge in [-0.3, -0.25) is 0 Å². The van der Waals surface area contributed by atoms with Crippen LogP contribution in [0.15, 0.2) is 34.3 Å². The van der Waals surface area contributed by atoms with Gasteiger partial charge in [-0.2, -0.15) is 26.7 Å². The molecule has 5 nitrogen and oxygen atoms in total. The Balaban J connectivity index is 2.13. The standard InChI is InChI=1S/C15H17F3N2O3S/c1-10-6-8-11(9-7-10)24(22,23)20-14(21,15(16,17)18)12-4-2-3-5-13(12)19-20/h6-9,12,21H,2-5H2,1H3/t12-,14-/m1/s1. The minimum atomic E-state index is -5.15. The average molecular weight is 362 g/mol. The fourth-order valence-electron chi connectivity index (χ4n) is 3.23. The summed E-state index contributed by atoms with van der Waals surface area (Å²) in [6, 6.07) is 5.39. The number of rotatable bonds is 2. The van der Waals surface area contributed by atoms with Crippen molar-refractivity contribution in [3.8, 4) is 0 Å². The second-order valence-corrected chi connectivity index (χ2v) is 7.94. The van der Waals surface area contributed by atoms with Crippen LogP contribution in [0.1, 0.15) is 31.2 Å². The van der Waals surface area contributed by atoms with E-state index in [9.17, 15) is 26.7 Å². The molecule has 1 aromatic carbocycles. The van der Waals surface area contributed by atoms with Crippen LogP contribution >= 0.6 is 0 Å². The second kappa shape index (κ2) is 5.45. The molecule has 1 saturated carbocycles. The molecule has 0 spiro atoms. The summed E-state index contributed by atoms with van der Waals surface area (Å²) in [5, 5.41) is 14.1. The highest BCUT2D eigenvalue weighted by molar-refractivity contribution is 7.89. The van der Waals surface area contributed by atoms with Crippen LogP contribution < -0.4 is 0 Å². The second-order valence-electron chi connectivity index (χ2n) is 6.17. The van der Waals surface area contributed by atoms with E-state index in [0.717, 1.165) is 5.56 Å². The number of alkyl halides is 3. The molecule has 132 valence electrons. The minimum Gasteiger partial charge on any atom is -0.361 e. The highest BCUT2D eigenvalue weighted by atomic mass is 32.2. The third kappa shape index (κ3) is 2.41. The van der Waals surface area contributed by atoms with Gasteiger partial charge in [-0.15, -0.1) is 4.41 Å². The molecule has 0 unspecified atom stereocenters. The lowest BCUT2D eigenvalue weighted by Crippen LogP contribution is -2.61. The Hall–Kier alpha value is -1.61. The summed E-state index contributed by atoms with van der Waals surface area (Å²) in [4.78, 5) is -0.334. The van der Waals surface area contributed by atoms with Crippen molar-refractivity contribution >= 4 is 15.7 Å². The molecule has 0 amide bonds. The summed E-state index contributed by atoms with van der Waals surface area (Å²) >= 11 is 0. The summed E-state index contributed by atoms with van der Waals surface area (Å²) in [5.74, 6) is -1.36. The van der Waals surface area contributed by atoms with E-state index in [1.165, 1.54) is 24.3 Å². The maximum Gasteiger partial charge on any atom is 0.439 e. The van der Waals surface area contributed by atoms with Crippen LogP contribution in [0.5, 0.6) is 0 Å². The normalized spacial score (nSPS) is 27.8. The predicted molar refractivity (Wildman–Crippen MR) is 80.6 cm³/mol. The predicted octanol–water partition coefficient (Wildman–Crippen LogP) is 2.80. The molecule has 1 aliphatic heterocycles. The lowest BCUT2D eigenvalue weighted by atomic mass is 9.81. The first-order valence-corrected chi connectivity index (χ1v) is 9.01. The zero-order valence-corrected chi connectivity index (χ0v) is 13.7. The Labute approximate surface area is 137 Å². The Morgan fingerprint density at radius 1 is 1.25 bits per heavy atom. The van der Waals surface area contributed by atoms with Gasteiger partial charge in [0.1, 0.15) is 0 Å². The molecule has 2 atom stereocenters. The van der Waals surface area contributed by atoms with Gasteiger partial charge in [0.15, 0.2) is 0 Å². The van der Waals surface area contributed by atoms with Crippen LogP contribution in [0.2, 0.25) is 0 Å². The molecule has 3 rings (SSSR count). The van der Waals surface area contributed by atoms with Gasteiger partial charge in [0.25, 0.3) is 15.7 Å². The lowest BCUT2D eigenvalue weighted by Gasteiger charge is -2.38. The first-order chi connectivity index (χ1) is 11.1. The third-order valence-corrected chi connectivity index (χ3v) is 6.22. The summed E-state index contributed by atoms with van der Waals surface area (Å²) in [6.45, 7) is 1.73. The van der Waals surface area contributed by atoms with Gasteiger partial charge in [0.05, 0.1) is 10.8 Å². The molecule has 0 radical (unpaired) electrons. The maximum atomic E-state index is 13.6. The van der Waals surface area contributed by atoms with E-state index in [4.69, 9.17) is 0 Å². The van der Waals surface area contributed by atoms with Crippen molar-refractivity contribution in [2.24, 2.45) is 11.0 Å². The zero-order valence-electron chi connectivity index (χ0n) is 12.9. The van der Waals surface area contributed by atoms with E-state index in [2.05, 4.69) is 5.10 Å². The van der Waals surface area contributed by atoms with Crippen molar-refractivity contribution in [3.05, 3.63) is 29.8 Å². The van der Waals surface area contributed by atoms with E-state index >= 15 is 0 Å².